The van der Waals surface area contributed by atoms with Gasteiger partial charge in [0, 0.05) is 31.4 Å². The summed E-state index contributed by atoms with van der Waals surface area (Å²) in [5, 5.41) is 0.661. The summed E-state index contributed by atoms with van der Waals surface area (Å²) >= 11 is 11.9. The number of fused-ring (bicyclic) bond motifs is 2. The van der Waals surface area contributed by atoms with Gasteiger partial charge in [-0.3, -0.25) is 9.69 Å². The van der Waals surface area contributed by atoms with Crippen LogP contribution < -0.4 is 0 Å². The van der Waals surface area contributed by atoms with Crippen LogP contribution in [0.3, 0.4) is 0 Å². The zero-order valence-corrected chi connectivity index (χ0v) is 12.9. The average molecular weight is 314 g/mol. The molecule has 20 heavy (non-hydrogen) atoms. The first-order valence-corrected chi connectivity index (χ1v) is 7.64. The number of amides is 1. The fourth-order valence-corrected chi connectivity index (χ4v) is 3.58. The lowest BCUT2D eigenvalue weighted by atomic mass is 10.1. The van der Waals surface area contributed by atoms with Gasteiger partial charge in [0.25, 0.3) is 5.91 Å². The summed E-state index contributed by atoms with van der Waals surface area (Å²) < 4.78 is 0. The number of nitrogens with zero attached hydrogens (tertiary/aromatic N) is 3. The molecule has 0 aromatic carbocycles. The highest BCUT2D eigenvalue weighted by Crippen LogP contribution is 2.30. The Morgan fingerprint density at radius 1 is 1.30 bits per heavy atom. The van der Waals surface area contributed by atoms with Crippen molar-refractivity contribution in [3.8, 4) is 0 Å². The molecule has 108 valence electrons. The molecule has 1 aromatic heterocycles. The molecule has 0 N–H and O–H groups in total. The lowest BCUT2D eigenvalue weighted by molar-refractivity contribution is 0.0740. The third kappa shape index (κ3) is 2.52. The summed E-state index contributed by atoms with van der Waals surface area (Å²) in [5.74, 6) is -0.0414. The van der Waals surface area contributed by atoms with E-state index in [0.717, 1.165) is 25.9 Å². The molecule has 1 aromatic rings. The molecule has 2 fully saturated rings. The van der Waals surface area contributed by atoms with E-state index >= 15 is 0 Å². The van der Waals surface area contributed by atoms with E-state index in [1.54, 1.807) is 6.07 Å². The standard InChI is InChI=1S/C14H17Cl2N3O/c1-18-9-2-3-10(18)8-19(5-4-9)14(20)11-6-13(16)17-7-12(11)15/h6-7,9-10H,2-5,8H2,1H3. The van der Waals surface area contributed by atoms with Crippen LogP contribution in [0.15, 0.2) is 12.3 Å². The van der Waals surface area contributed by atoms with Gasteiger partial charge in [-0.2, -0.15) is 0 Å². The van der Waals surface area contributed by atoms with Gasteiger partial charge in [0.15, 0.2) is 0 Å². The molecule has 2 aliphatic rings. The van der Waals surface area contributed by atoms with Crippen molar-refractivity contribution in [1.82, 2.24) is 14.8 Å². The molecular weight excluding hydrogens is 297 g/mol. The highest BCUT2D eigenvalue weighted by molar-refractivity contribution is 6.35. The van der Waals surface area contributed by atoms with Crippen molar-refractivity contribution in [2.75, 3.05) is 20.1 Å². The first-order valence-electron chi connectivity index (χ1n) is 6.88. The van der Waals surface area contributed by atoms with E-state index in [1.165, 1.54) is 12.6 Å². The fourth-order valence-electron chi connectivity index (χ4n) is 3.24. The van der Waals surface area contributed by atoms with E-state index in [0.29, 0.717) is 27.8 Å². The largest absolute Gasteiger partial charge is 0.337 e. The summed E-state index contributed by atoms with van der Waals surface area (Å²) in [6.07, 6.45) is 4.86. The summed E-state index contributed by atoms with van der Waals surface area (Å²) in [4.78, 5) is 20.8. The summed E-state index contributed by atoms with van der Waals surface area (Å²) in [7, 11) is 2.16. The van der Waals surface area contributed by atoms with Crippen molar-refractivity contribution in [1.29, 1.82) is 0 Å². The average Bonchev–Trinajstić information content (AvgIpc) is 2.65. The van der Waals surface area contributed by atoms with E-state index in [9.17, 15) is 4.79 Å². The smallest absolute Gasteiger partial charge is 0.255 e. The van der Waals surface area contributed by atoms with E-state index in [4.69, 9.17) is 23.2 Å². The third-order valence-corrected chi connectivity index (χ3v) is 5.00. The van der Waals surface area contributed by atoms with Crippen LogP contribution in [0.25, 0.3) is 0 Å². The van der Waals surface area contributed by atoms with Crippen LogP contribution in [-0.2, 0) is 0 Å². The maximum absolute atomic E-state index is 12.6. The van der Waals surface area contributed by atoms with Crippen molar-refractivity contribution in [2.45, 2.75) is 31.3 Å². The second kappa shape index (κ2) is 5.51. The Morgan fingerprint density at radius 3 is 2.85 bits per heavy atom. The number of carbonyl (C=O) groups excluding carboxylic acids is 1. The fraction of sp³-hybridized carbons (Fsp3) is 0.571. The minimum atomic E-state index is -0.0414. The number of aromatic nitrogens is 1. The Hall–Kier alpha value is -0.840. The van der Waals surface area contributed by atoms with Crippen molar-refractivity contribution in [2.24, 2.45) is 0 Å². The molecule has 4 nitrogen and oxygen atoms in total. The van der Waals surface area contributed by atoms with Crippen molar-refractivity contribution in [3.63, 3.8) is 0 Å². The number of pyridine rings is 1. The number of hydrogen-bond acceptors (Lipinski definition) is 3. The Bertz CT molecular complexity index is 537. The number of halogens is 2. The van der Waals surface area contributed by atoms with Gasteiger partial charge in [0.2, 0.25) is 0 Å². The van der Waals surface area contributed by atoms with Crippen LogP contribution in [0, 0.1) is 0 Å². The molecule has 0 radical (unpaired) electrons. The van der Waals surface area contributed by atoms with Crippen molar-refractivity contribution < 1.29 is 4.79 Å². The van der Waals surface area contributed by atoms with Gasteiger partial charge in [-0.1, -0.05) is 23.2 Å². The highest BCUT2D eigenvalue weighted by Gasteiger charge is 2.36. The van der Waals surface area contributed by atoms with E-state index in [-0.39, 0.29) is 5.91 Å². The number of likely N-dealkylation sites (N-methyl/N-ethyl adjacent to an activating group) is 1. The number of rotatable bonds is 1. The van der Waals surface area contributed by atoms with Gasteiger partial charge in [-0.05, 0) is 32.4 Å². The van der Waals surface area contributed by atoms with Crippen molar-refractivity contribution in [3.05, 3.63) is 28.0 Å². The molecular formula is C14H17Cl2N3O. The van der Waals surface area contributed by atoms with Gasteiger partial charge in [-0.25, -0.2) is 4.98 Å². The molecule has 3 rings (SSSR count). The highest BCUT2D eigenvalue weighted by atomic mass is 35.5. The minimum absolute atomic E-state index is 0.0414. The lowest BCUT2D eigenvalue weighted by Gasteiger charge is -2.26. The summed E-state index contributed by atoms with van der Waals surface area (Å²) in [6, 6.07) is 2.62. The normalized spacial score (nSPS) is 26.6. The molecule has 2 saturated heterocycles. The Kier molecular flexibility index (Phi) is 3.89. The summed E-state index contributed by atoms with van der Waals surface area (Å²) in [5.41, 5.74) is 0.451. The van der Waals surface area contributed by atoms with Gasteiger partial charge >= 0.3 is 0 Å². The Labute approximate surface area is 128 Å². The van der Waals surface area contributed by atoms with Gasteiger partial charge in [0.05, 0.1) is 10.6 Å². The van der Waals surface area contributed by atoms with Crippen LogP contribution in [-0.4, -0.2) is 52.9 Å². The number of carbonyl (C=O) groups is 1. The maximum atomic E-state index is 12.6. The molecule has 3 heterocycles. The molecule has 0 saturated carbocycles. The monoisotopic (exact) mass is 313 g/mol. The van der Waals surface area contributed by atoms with Crippen LogP contribution in [0.5, 0.6) is 0 Å². The van der Waals surface area contributed by atoms with Crippen LogP contribution in [0.4, 0.5) is 0 Å². The minimum Gasteiger partial charge on any atom is -0.337 e. The first kappa shape index (κ1) is 14.1. The quantitative estimate of drug-likeness (QED) is 0.748. The zero-order valence-electron chi connectivity index (χ0n) is 11.4. The topological polar surface area (TPSA) is 36.4 Å². The molecule has 2 aliphatic heterocycles. The maximum Gasteiger partial charge on any atom is 0.255 e. The van der Waals surface area contributed by atoms with Gasteiger partial charge in [-0.15, -0.1) is 0 Å². The van der Waals surface area contributed by atoms with Gasteiger partial charge < -0.3 is 4.90 Å². The van der Waals surface area contributed by atoms with Crippen molar-refractivity contribution >= 4 is 29.1 Å². The Morgan fingerprint density at radius 2 is 2.05 bits per heavy atom. The van der Waals surface area contributed by atoms with E-state index < -0.39 is 0 Å². The predicted molar refractivity (Wildman–Crippen MR) is 79.4 cm³/mol. The molecule has 2 unspecified atom stereocenters. The SMILES string of the molecule is CN1C2CCC1CN(C(=O)c1cc(Cl)ncc1Cl)CC2. The molecule has 0 spiro atoms. The van der Waals surface area contributed by atoms with E-state index in [2.05, 4.69) is 16.9 Å². The molecule has 2 bridgehead atoms. The predicted octanol–water partition coefficient (Wildman–Crippen LogP) is 2.70. The van der Waals surface area contributed by atoms with Crippen LogP contribution in [0.2, 0.25) is 10.2 Å². The second-order valence-corrected chi connectivity index (χ2v) is 6.37. The lowest BCUT2D eigenvalue weighted by Crippen LogP contribution is -2.39. The molecule has 0 aliphatic carbocycles. The summed E-state index contributed by atoms with van der Waals surface area (Å²) in [6.45, 7) is 1.54. The van der Waals surface area contributed by atoms with E-state index in [1.807, 2.05) is 4.90 Å². The number of hydrogen-bond donors (Lipinski definition) is 0. The van der Waals surface area contributed by atoms with Gasteiger partial charge in [0.1, 0.15) is 5.15 Å². The zero-order chi connectivity index (χ0) is 14.3. The second-order valence-electron chi connectivity index (χ2n) is 5.58. The molecule has 1 amide bonds. The number of likely N-dealkylation sites (tertiary alicyclic amines) is 1. The molecule has 2 atom stereocenters. The van der Waals surface area contributed by atoms with Crippen LogP contribution >= 0.6 is 23.2 Å². The van der Waals surface area contributed by atoms with Crippen LogP contribution in [0.1, 0.15) is 29.6 Å². The Balaban J connectivity index is 1.82. The first-order chi connectivity index (χ1) is 9.56. The third-order valence-electron chi connectivity index (χ3n) is 4.49. The molecule has 6 heteroatoms.